The van der Waals surface area contributed by atoms with Gasteiger partial charge in [-0.2, -0.15) is 30.2 Å². The molecule has 0 atom stereocenters. The van der Waals surface area contributed by atoms with Gasteiger partial charge in [-0.1, -0.05) is 35.9 Å². The highest BCUT2D eigenvalue weighted by molar-refractivity contribution is 7.86. The van der Waals surface area contributed by atoms with Gasteiger partial charge in [0.2, 0.25) is 0 Å². The van der Waals surface area contributed by atoms with Crippen molar-refractivity contribution in [1.29, 1.82) is 0 Å². The second kappa shape index (κ2) is 8.14. The number of halogens is 5. The summed E-state index contributed by atoms with van der Waals surface area (Å²) in [4.78, 5) is 0. The van der Waals surface area contributed by atoms with Crippen LogP contribution in [0.2, 0.25) is 5.02 Å². The van der Waals surface area contributed by atoms with E-state index in [1.165, 1.54) is 38.4 Å². The Balaban J connectivity index is 2.18. The lowest BCUT2D eigenvalue weighted by molar-refractivity contribution is -0.137. The molecule has 0 aliphatic rings. The van der Waals surface area contributed by atoms with E-state index in [4.69, 9.17) is 11.6 Å². The predicted molar refractivity (Wildman–Crippen MR) is 94.7 cm³/mol. The van der Waals surface area contributed by atoms with Crippen molar-refractivity contribution < 1.29 is 26.0 Å². The summed E-state index contributed by atoms with van der Waals surface area (Å²) in [6, 6.07) is 8.40. The average molecular weight is 425 g/mol. The topological polar surface area (TPSA) is 40.6 Å². The fourth-order valence-corrected chi connectivity index (χ4v) is 3.71. The minimum absolute atomic E-state index is 0.0118. The van der Waals surface area contributed by atoms with Crippen LogP contribution >= 0.6 is 11.6 Å². The number of nitrogens with zero attached hydrogens (tertiary/aromatic N) is 2. The lowest BCUT2D eigenvalue weighted by Crippen LogP contribution is -2.39. The Hall–Kier alpha value is -1.68. The Morgan fingerprint density at radius 1 is 1.00 bits per heavy atom. The number of alkyl halides is 3. The van der Waals surface area contributed by atoms with Gasteiger partial charge < -0.3 is 0 Å². The quantitative estimate of drug-likeness (QED) is 0.648. The molecule has 0 spiro atoms. The predicted octanol–water partition coefficient (Wildman–Crippen LogP) is 4.31. The monoisotopic (exact) mass is 424 g/mol. The summed E-state index contributed by atoms with van der Waals surface area (Å²) < 4.78 is 79.3. The fraction of sp³-hybridized carbons (Fsp3) is 0.294. The largest absolute Gasteiger partial charge is 0.416 e. The van der Waals surface area contributed by atoms with E-state index < -0.39 is 27.8 Å². The Bertz CT molecular complexity index is 899. The average Bonchev–Trinajstić information content (AvgIpc) is 2.57. The molecule has 0 fully saturated rings. The van der Waals surface area contributed by atoms with Crippen LogP contribution in [0.1, 0.15) is 16.7 Å². The van der Waals surface area contributed by atoms with Gasteiger partial charge in [0.05, 0.1) is 5.56 Å². The Morgan fingerprint density at radius 3 is 2.19 bits per heavy atom. The van der Waals surface area contributed by atoms with E-state index in [9.17, 15) is 26.0 Å². The standard InChI is InChI=1S/C17H17ClF4N2O2S/c1-23(10-12-5-3-6-13(9-12)17(20,21)22)27(25,26)24(2)11-14-15(18)7-4-8-16(14)19/h3-9H,10-11H2,1-2H3. The number of hydrogen-bond acceptors (Lipinski definition) is 2. The molecule has 0 aromatic heterocycles. The zero-order valence-corrected chi connectivity index (χ0v) is 16.0. The molecule has 148 valence electrons. The molecule has 0 saturated carbocycles. The molecule has 4 nitrogen and oxygen atoms in total. The first-order valence-electron chi connectivity index (χ1n) is 7.69. The van der Waals surface area contributed by atoms with E-state index in [1.54, 1.807) is 0 Å². The van der Waals surface area contributed by atoms with Crippen molar-refractivity contribution in [2.75, 3.05) is 14.1 Å². The molecule has 0 N–H and O–H groups in total. The van der Waals surface area contributed by atoms with Crippen LogP contribution in [0.15, 0.2) is 42.5 Å². The van der Waals surface area contributed by atoms with Crippen LogP contribution in [-0.2, 0) is 29.5 Å². The van der Waals surface area contributed by atoms with Crippen LogP contribution in [0, 0.1) is 5.82 Å². The highest BCUT2D eigenvalue weighted by atomic mass is 35.5. The summed E-state index contributed by atoms with van der Waals surface area (Å²) in [6.07, 6.45) is -4.52. The molecule has 0 bridgehead atoms. The lowest BCUT2D eigenvalue weighted by atomic mass is 10.1. The maximum absolute atomic E-state index is 13.9. The van der Waals surface area contributed by atoms with Crippen LogP contribution in [-0.4, -0.2) is 31.1 Å². The third-order valence-corrected chi connectivity index (χ3v) is 6.08. The van der Waals surface area contributed by atoms with E-state index in [2.05, 4.69) is 0 Å². The Kier molecular flexibility index (Phi) is 6.51. The van der Waals surface area contributed by atoms with Crippen molar-refractivity contribution in [3.63, 3.8) is 0 Å². The molecule has 2 rings (SSSR count). The molecule has 0 saturated heterocycles. The molecular formula is C17H17ClF4N2O2S. The van der Waals surface area contributed by atoms with E-state index >= 15 is 0 Å². The molecule has 0 aliphatic carbocycles. The third-order valence-electron chi connectivity index (χ3n) is 3.89. The van der Waals surface area contributed by atoms with Gasteiger partial charge in [0, 0.05) is 37.8 Å². The summed E-state index contributed by atoms with van der Waals surface area (Å²) in [5.41, 5.74) is -0.678. The van der Waals surface area contributed by atoms with Crippen molar-refractivity contribution in [2.24, 2.45) is 0 Å². The first-order valence-corrected chi connectivity index (χ1v) is 9.47. The van der Waals surface area contributed by atoms with Crippen molar-refractivity contribution in [1.82, 2.24) is 8.61 Å². The summed E-state index contributed by atoms with van der Waals surface area (Å²) in [7, 11) is -1.59. The van der Waals surface area contributed by atoms with Gasteiger partial charge >= 0.3 is 6.18 Å². The maximum atomic E-state index is 13.9. The van der Waals surface area contributed by atoms with Crippen LogP contribution in [0.3, 0.4) is 0 Å². The molecule has 0 heterocycles. The normalized spacial score (nSPS) is 12.8. The maximum Gasteiger partial charge on any atom is 0.416 e. The molecule has 2 aromatic carbocycles. The SMILES string of the molecule is CN(Cc1cccc(C(F)(F)F)c1)S(=O)(=O)N(C)Cc1c(F)cccc1Cl. The summed E-state index contributed by atoms with van der Waals surface area (Å²) in [5.74, 6) is -0.648. The Morgan fingerprint density at radius 2 is 1.59 bits per heavy atom. The van der Waals surface area contributed by atoms with E-state index in [0.717, 1.165) is 26.8 Å². The van der Waals surface area contributed by atoms with Gasteiger partial charge in [0.25, 0.3) is 10.2 Å². The van der Waals surface area contributed by atoms with Gasteiger partial charge in [0.1, 0.15) is 5.82 Å². The van der Waals surface area contributed by atoms with Gasteiger partial charge in [-0.25, -0.2) is 4.39 Å². The van der Waals surface area contributed by atoms with Crippen molar-refractivity contribution >= 4 is 21.8 Å². The Labute approximate surface area is 160 Å². The number of rotatable bonds is 6. The molecule has 0 amide bonds. The molecule has 27 heavy (non-hydrogen) atoms. The molecule has 0 radical (unpaired) electrons. The molecule has 2 aromatic rings. The van der Waals surface area contributed by atoms with Crippen molar-refractivity contribution in [3.8, 4) is 0 Å². The number of hydrogen-bond donors (Lipinski definition) is 0. The van der Waals surface area contributed by atoms with Crippen LogP contribution in [0.5, 0.6) is 0 Å². The van der Waals surface area contributed by atoms with Gasteiger partial charge in [-0.3, -0.25) is 0 Å². The van der Waals surface area contributed by atoms with E-state index in [-0.39, 0.29) is 29.2 Å². The van der Waals surface area contributed by atoms with Crippen LogP contribution < -0.4 is 0 Å². The van der Waals surface area contributed by atoms with E-state index in [1.807, 2.05) is 0 Å². The molecule has 10 heteroatoms. The second-order valence-electron chi connectivity index (χ2n) is 5.92. The molecule has 0 aliphatic heterocycles. The van der Waals surface area contributed by atoms with Gasteiger partial charge in [-0.05, 0) is 23.8 Å². The van der Waals surface area contributed by atoms with Crippen molar-refractivity contribution in [2.45, 2.75) is 19.3 Å². The summed E-state index contributed by atoms with van der Waals surface area (Å²) in [5, 5.41) is 0.0811. The first-order chi connectivity index (χ1) is 12.4. The zero-order chi connectivity index (χ0) is 20.4. The number of benzene rings is 2. The van der Waals surface area contributed by atoms with E-state index in [0.29, 0.717) is 0 Å². The smallest absolute Gasteiger partial charge is 0.207 e. The van der Waals surface area contributed by atoms with Crippen molar-refractivity contribution in [3.05, 3.63) is 70.0 Å². The molecular weight excluding hydrogens is 408 g/mol. The summed E-state index contributed by atoms with van der Waals surface area (Å²) >= 11 is 5.91. The first kappa shape index (κ1) is 21.6. The highest BCUT2D eigenvalue weighted by Gasteiger charge is 2.31. The minimum atomic E-state index is -4.52. The third kappa shape index (κ3) is 5.19. The van der Waals surface area contributed by atoms with Crippen LogP contribution in [0.25, 0.3) is 0 Å². The van der Waals surface area contributed by atoms with Crippen LogP contribution in [0.4, 0.5) is 17.6 Å². The summed E-state index contributed by atoms with van der Waals surface area (Å²) in [6.45, 7) is -0.595. The fourth-order valence-electron chi connectivity index (χ4n) is 2.41. The van der Waals surface area contributed by atoms with Gasteiger partial charge in [-0.15, -0.1) is 0 Å². The lowest BCUT2D eigenvalue weighted by Gasteiger charge is -2.25. The molecule has 0 unspecified atom stereocenters. The van der Waals surface area contributed by atoms with Gasteiger partial charge in [0.15, 0.2) is 0 Å². The highest BCUT2D eigenvalue weighted by Crippen LogP contribution is 2.30. The minimum Gasteiger partial charge on any atom is -0.207 e. The zero-order valence-electron chi connectivity index (χ0n) is 14.5. The second-order valence-corrected chi connectivity index (χ2v) is 8.47.